The molecule has 4 heteroatoms. The zero-order valence-corrected chi connectivity index (χ0v) is 12.6. The summed E-state index contributed by atoms with van der Waals surface area (Å²) in [6.07, 6.45) is 6.56. The van der Waals surface area contributed by atoms with Crippen LogP contribution in [0.2, 0.25) is 0 Å². The molecule has 1 N–H and O–H groups in total. The number of carbonyl (C=O) groups excluding carboxylic acids is 1. The van der Waals surface area contributed by atoms with Crippen LogP contribution < -0.4 is 4.74 Å². The third kappa shape index (κ3) is 3.83. The molecular formula is C15H18BrNO2. The van der Waals surface area contributed by atoms with Crippen molar-refractivity contribution in [3.63, 3.8) is 0 Å². The Balaban J connectivity index is 1.97. The minimum atomic E-state index is -0.156. The number of hydrogen-bond donors (Lipinski definition) is 1. The fourth-order valence-electron chi connectivity index (χ4n) is 2.02. The van der Waals surface area contributed by atoms with Crippen LogP contribution in [-0.2, 0) is 4.79 Å². The van der Waals surface area contributed by atoms with E-state index in [4.69, 9.17) is 4.74 Å². The topological polar surface area (TPSA) is 42.1 Å². The molecule has 3 nitrogen and oxygen atoms in total. The maximum absolute atomic E-state index is 11.8. The first-order chi connectivity index (χ1) is 9.20. The van der Waals surface area contributed by atoms with Crippen LogP contribution in [0.15, 0.2) is 28.9 Å². The fraction of sp³-hybridized carbons (Fsp3) is 0.400. The van der Waals surface area contributed by atoms with Gasteiger partial charge >= 0.3 is 5.97 Å². The Labute approximate surface area is 121 Å². The first-order valence-electron chi connectivity index (χ1n) is 6.68. The normalized spacial score (nSPS) is 10.8. The number of esters is 1. The zero-order valence-electron chi connectivity index (χ0n) is 11.0. The van der Waals surface area contributed by atoms with Crippen LogP contribution in [0.25, 0.3) is 10.9 Å². The van der Waals surface area contributed by atoms with E-state index in [2.05, 4.69) is 27.8 Å². The van der Waals surface area contributed by atoms with E-state index in [1.165, 1.54) is 12.8 Å². The van der Waals surface area contributed by atoms with E-state index < -0.39 is 0 Å². The van der Waals surface area contributed by atoms with Gasteiger partial charge in [-0.05, 0) is 24.6 Å². The maximum Gasteiger partial charge on any atom is 0.311 e. The van der Waals surface area contributed by atoms with E-state index >= 15 is 0 Å². The molecule has 0 radical (unpaired) electrons. The third-order valence-corrected chi connectivity index (χ3v) is 3.56. The summed E-state index contributed by atoms with van der Waals surface area (Å²) in [7, 11) is 0. The van der Waals surface area contributed by atoms with E-state index in [0.717, 1.165) is 28.2 Å². The fourth-order valence-corrected chi connectivity index (χ4v) is 2.38. The highest BCUT2D eigenvalue weighted by Gasteiger charge is 2.10. The highest BCUT2D eigenvalue weighted by molar-refractivity contribution is 9.10. The zero-order chi connectivity index (χ0) is 13.7. The number of halogens is 1. The van der Waals surface area contributed by atoms with E-state index in [9.17, 15) is 4.79 Å². The van der Waals surface area contributed by atoms with Gasteiger partial charge in [0.2, 0.25) is 0 Å². The van der Waals surface area contributed by atoms with Gasteiger partial charge in [-0.2, -0.15) is 0 Å². The summed E-state index contributed by atoms with van der Waals surface area (Å²) in [4.78, 5) is 14.9. The molecule has 2 rings (SSSR count). The van der Waals surface area contributed by atoms with Crippen LogP contribution in [0.3, 0.4) is 0 Å². The standard InChI is InChI=1S/C15H18BrNO2/c1-2-3-4-5-6-15(18)19-14-10-17-13-8-7-11(16)9-12(13)14/h7-10,17H,2-6H2,1H3. The molecule has 0 fully saturated rings. The maximum atomic E-state index is 11.8. The summed E-state index contributed by atoms with van der Waals surface area (Å²) >= 11 is 3.42. The van der Waals surface area contributed by atoms with Gasteiger partial charge in [0.1, 0.15) is 0 Å². The van der Waals surface area contributed by atoms with Gasteiger partial charge < -0.3 is 9.72 Å². The SMILES string of the molecule is CCCCCCC(=O)Oc1c[nH]c2ccc(Br)cc12. The lowest BCUT2D eigenvalue weighted by molar-refractivity contribution is -0.134. The minimum Gasteiger partial charge on any atom is -0.424 e. The molecule has 1 aromatic carbocycles. The van der Waals surface area contributed by atoms with Crippen LogP contribution in [0.4, 0.5) is 0 Å². The monoisotopic (exact) mass is 323 g/mol. The summed E-state index contributed by atoms with van der Waals surface area (Å²) in [6, 6.07) is 5.86. The van der Waals surface area contributed by atoms with Crippen molar-refractivity contribution in [3.8, 4) is 5.75 Å². The quantitative estimate of drug-likeness (QED) is 0.612. The highest BCUT2D eigenvalue weighted by atomic mass is 79.9. The summed E-state index contributed by atoms with van der Waals surface area (Å²) in [5.74, 6) is 0.453. The summed E-state index contributed by atoms with van der Waals surface area (Å²) in [5, 5.41) is 0.927. The van der Waals surface area contributed by atoms with Crippen molar-refractivity contribution >= 4 is 32.8 Å². The Bertz CT molecular complexity index is 562. The lowest BCUT2D eigenvalue weighted by Gasteiger charge is -2.03. The highest BCUT2D eigenvalue weighted by Crippen LogP contribution is 2.28. The molecule has 0 spiro atoms. The Hall–Kier alpha value is -1.29. The summed E-state index contributed by atoms with van der Waals surface area (Å²) < 4.78 is 6.38. The largest absolute Gasteiger partial charge is 0.424 e. The number of hydrogen-bond acceptors (Lipinski definition) is 2. The van der Waals surface area contributed by atoms with Crippen LogP contribution in [0, 0.1) is 0 Å². The Morgan fingerprint density at radius 2 is 2.16 bits per heavy atom. The van der Waals surface area contributed by atoms with Crippen molar-refractivity contribution in [3.05, 3.63) is 28.9 Å². The van der Waals surface area contributed by atoms with E-state index in [0.29, 0.717) is 12.2 Å². The van der Waals surface area contributed by atoms with Crippen molar-refractivity contribution in [2.75, 3.05) is 0 Å². The van der Waals surface area contributed by atoms with Crippen LogP contribution in [0.5, 0.6) is 5.75 Å². The van der Waals surface area contributed by atoms with E-state index in [1.807, 2.05) is 18.2 Å². The average molecular weight is 324 g/mol. The number of aromatic nitrogens is 1. The molecule has 0 atom stereocenters. The van der Waals surface area contributed by atoms with Crippen molar-refractivity contribution in [2.24, 2.45) is 0 Å². The number of nitrogens with one attached hydrogen (secondary N) is 1. The smallest absolute Gasteiger partial charge is 0.311 e. The van der Waals surface area contributed by atoms with Gasteiger partial charge in [-0.15, -0.1) is 0 Å². The molecular weight excluding hydrogens is 306 g/mol. The average Bonchev–Trinajstić information content (AvgIpc) is 2.77. The van der Waals surface area contributed by atoms with Crippen LogP contribution in [-0.4, -0.2) is 11.0 Å². The summed E-state index contributed by atoms with van der Waals surface area (Å²) in [6.45, 7) is 2.15. The van der Waals surface area contributed by atoms with Crippen LogP contribution in [0.1, 0.15) is 39.0 Å². The minimum absolute atomic E-state index is 0.156. The molecule has 0 bridgehead atoms. The third-order valence-electron chi connectivity index (χ3n) is 3.06. The molecule has 102 valence electrons. The van der Waals surface area contributed by atoms with Crippen molar-refractivity contribution in [1.82, 2.24) is 4.98 Å². The molecule has 0 aliphatic carbocycles. The second kappa shape index (κ2) is 6.75. The van der Waals surface area contributed by atoms with Gasteiger partial charge in [0.25, 0.3) is 0 Å². The van der Waals surface area contributed by atoms with Gasteiger partial charge in [-0.25, -0.2) is 0 Å². The lowest BCUT2D eigenvalue weighted by atomic mass is 10.1. The van der Waals surface area contributed by atoms with Crippen molar-refractivity contribution in [1.29, 1.82) is 0 Å². The van der Waals surface area contributed by atoms with Gasteiger partial charge in [-0.3, -0.25) is 4.79 Å². The number of fused-ring (bicyclic) bond motifs is 1. The molecule has 2 aromatic rings. The van der Waals surface area contributed by atoms with Crippen molar-refractivity contribution in [2.45, 2.75) is 39.0 Å². The summed E-state index contributed by atoms with van der Waals surface area (Å²) in [5.41, 5.74) is 0.969. The Kier molecular flexibility index (Phi) is 5.02. The van der Waals surface area contributed by atoms with Gasteiger partial charge in [0.15, 0.2) is 5.75 Å². The predicted molar refractivity (Wildman–Crippen MR) is 80.4 cm³/mol. The number of rotatable bonds is 6. The first kappa shape index (κ1) is 14.1. The molecule has 1 heterocycles. The number of ether oxygens (including phenoxy) is 1. The predicted octanol–water partition coefficient (Wildman–Crippen LogP) is 4.81. The number of benzene rings is 1. The number of unbranched alkanes of at least 4 members (excludes halogenated alkanes) is 3. The van der Waals surface area contributed by atoms with Crippen molar-refractivity contribution < 1.29 is 9.53 Å². The van der Waals surface area contributed by atoms with Gasteiger partial charge in [0, 0.05) is 28.0 Å². The van der Waals surface area contributed by atoms with Gasteiger partial charge in [0.05, 0.1) is 0 Å². The molecule has 0 aliphatic heterocycles. The number of H-pyrrole nitrogens is 1. The number of carbonyl (C=O) groups is 1. The lowest BCUT2D eigenvalue weighted by Crippen LogP contribution is -2.07. The molecule has 0 saturated heterocycles. The Morgan fingerprint density at radius 3 is 2.95 bits per heavy atom. The second-order valence-electron chi connectivity index (χ2n) is 4.63. The Morgan fingerprint density at radius 1 is 1.32 bits per heavy atom. The number of aromatic amines is 1. The molecule has 0 unspecified atom stereocenters. The first-order valence-corrected chi connectivity index (χ1v) is 7.47. The van der Waals surface area contributed by atoms with Gasteiger partial charge in [-0.1, -0.05) is 42.1 Å². The molecule has 0 amide bonds. The van der Waals surface area contributed by atoms with E-state index in [-0.39, 0.29) is 5.97 Å². The molecule has 19 heavy (non-hydrogen) atoms. The molecule has 0 aliphatic rings. The van der Waals surface area contributed by atoms with E-state index in [1.54, 1.807) is 6.20 Å². The molecule has 0 saturated carbocycles. The van der Waals surface area contributed by atoms with Crippen LogP contribution >= 0.6 is 15.9 Å². The molecule has 1 aromatic heterocycles. The second-order valence-corrected chi connectivity index (χ2v) is 5.54.